The topological polar surface area (TPSA) is 41.6 Å². The molecule has 1 heterocycles. The number of carbonyl (C=O) groups is 1. The third-order valence-electron chi connectivity index (χ3n) is 6.33. The molecule has 4 nitrogen and oxygen atoms in total. The van der Waals surface area contributed by atoms with Crippen molar-refractivity contribution >= 4 is 27.5 Å². The van der Waals surface area contributed by atoms with E-state index in [9.17, 15) is 4.79 Å². The van der Waals surface area contributed by atoms with E-state index >= 15 is 0 Å². The van der Waals surface area contributed by atoms with Gasteiger partial charge < -0.3 is 9.64 Å². The number of amides is 1. The number of ether oxygens (including phenoxy) is 1. The van der Waals surface area contributed by atoms with Crippen molar-refractivity contribution in [2.45, 2.75) is 11.6 Å². The van der Waals surface area contributed by atoms with Gasteiger partial charge in [-0.3, -0.25) is 10.1 Å². The van der Waals surface area contributed by atoms with Crippen LogP contribution < -0.4 is 15.0 Å². The van der Waals surface area contributed by atoms with E-state index in [2.05, 4.69) is 57.6 Å². The van der Waals surface area contributed by atoms with Crippen LogP contribution in [0.2, 0.25) is 0 Å². The summed E-state index contributed by atoms with van der Waals surface area (Å²) < 4.78 is 7.06. The standard InChI is InChI=1S/C29H25BrN2O2/c1-32-26-19-24(30)17-18-27(26)34-20-25(28(32)33)31-29(21-11-5-2-6-12-21,22-13-7-3-8-14-22)23-15-9-4-10-16-23/h2-19,25,31H,20H2,1H3. The predicted octanol–water partition coefficient (Wildman–Crippen LogP) is 5.75. The van der Waals surface area contributed by atoms with Crippen molar-refractivity contribution in [1.29, 1.82) is 0 Å². The number of benzene rings is 4. The number of anilines is 1. The lowest BCUT2D eigenvalue weighted by atomic mass is 9.76. The number of hydrogen-bond donors (Lipinski definition) is 1. The van der Waals surface area contributed by atoms with Gasteiger partial charge in [0, 0.05) is 11.5 Å². The molecule has 0 aliphatic carbocycles. The van der Waals surface area contributed by atoms with Gasteiger partial charge >= 0.3 is 0 Å². The Kier molecular flexibility index (Phi) is 6.22. The minimum absolute atomic E-state index is 0.0518. The Labute approximate surface area is 208 Å². The zero-order valence-corrected chi connectivity index (χ0v) is 20.4. The van der Waals surface area contributed by atoms with Crippen LogP contribution in [0.4, 0.5) is 5.69 Å². The minimum Gasteiger partial charge on any atom is -0.489 e. The van der Waals surface area contributed by atoms with Crippen molar-refractivity contribution in [3.05, 3.63) is 130 Å². The van der Waals surface area contributed by atoms with Gasteiger partial charge in [-0.05, 0) is 34.9 Å². The van der Waals surface area contributed by atoms with E-state index < -0.39 is 11.6 Å². The number of halogens is 1. The highest BCUT2D eigenvalue weighted by atomic mass is 79.9. The molecule has 4 aromatic carbocycles. The second-order valence-corrected chi connectivity index (χ2v) is 9.28. The molecule has 1 amide bonds. The average molecular weight is 513 g/mol. The van der Waals surface area contributed by atoms with Crippen LogP contribution in [0.5, 0.6) is 5.75 Å². The van der Waals surface area contributed by atoms with Gasteiger partial charge in [-0.25, -0.2) is 0 Å². The van der Waals surface area contributed by atoms with Gasteiger partial charge in [0.2, 0.25) is 5.91 Å². The van der Waals surface area contributed by atoms with Crippen molar-refractivity contribution in [1.82, 2.24) is 5.32 Å². The molecule has 0 fully saturated rings. The highest BCUT2D eigenvalue weighted by molar-refractivity contribution is 9.10. The van der Waals surface area contributed by atoms with Crippen molar-refractivity contribution in [3.8, 4) is 5.75 Å². The molecule has 4 aromatic rings. The molecule has 34 heavy (non-hydrogen) atoms. The van der Waals surface area contributed by atoms with E-state index in [1.807, 2.05) is 72.8 Å². The summed E-state index contributed by atoms with van der Waals surface area (Å²) in [4.78, 5) is 15.4. The predicted molar refractivity (Wildman–Crippen MR) is 139 cm³/mol. The fourth-order valence-electron chi connectivity index (χ4n) is 4.65. The van der Waals surface area contributed by atoms with E-state index in [-0.39, 0.29) is 12.5 Å². The van der Waals surface area contributed by atoms with Gasteiger partial charge in [0.15, 0.2) is 0 Å². The summed E-state index contributed by atoms with van der Waals surface area (Å²) in [6, 6.07) is 36.0. The zero-order chi connectivity index (χ0) is 23.5. The molecule has 0 bridgehead atoms. The molecule has 0 saturated heterocycles. The first-order valence-corrected chi connectivity index (χ1v) is 12.0. The highest BCUT2D eigenvalue weighted by Gasteiger charge is 2.41. The van der Waals surface area contributed by atoms with Gasteiger partial charge in [-0.2, -0.15) is 0 Å². The van der Waals surface area contributed by atoms with Gasteiger partial charge in [-0.1, -0.05) is 107 Å². The maximum absolute atomic E-state index is 13.8. The second-order valence-electron chi connectivity index (χ2n) is 8.37. The number of hydrogen-bond acceptors (Lipinski definition) is 3. The van der Waals surface area contributed by atoms with Gasteiger partial charge in [0.1, 0.15) is 18.4 Å². The van der Waals surface area contributed by atoms with Crippen LogP contribution in [0.25, 0.3) is 0 Å². The molecule has 1 N–H and O–H groups in total. The fraction of sp³-hybridized carbons (Fsp3) is 0.138. The third kappa shape index (κ3) is 4.02. The van der Waals surface area contributed by atoms with E-state index in [0.717, 1.165) is 26.9 Å². The number of likely N-dealkylation sites (N-methyl/N-ethyl adjacent to an activating group) is 1. The Bertz CT molecular complexity index is 1180. The molecule has 0 spiro atoms. The van der Waals surface area contributed by atoms with Crippen LogP contribution in [0.15, 0.2) is 114 Å². The summed E-state index contributed by atoms with van der Waals surface area (Å²) in [5, 5.41) is 3.76. The van der Waals surface area contributed by atoms with E-state index in [1.54, 1.807) is 11.9 Å². The third-order valence-corrected chi connectivity index (χ3v) is 6.82. The number of nitrogens with zero attached hydrogens (tertiary/aromatic N) is 1. The van der Waals surface area contributed by atoms with Crippen LogP contribution in [0.3, 0.4) is 0 Å². The lowest BCUT2D eigenvalue weighted by Gasteiger charge is -2.39. The number of rotatable bonds is 5. The smallest absolute Gasteiger partial charge is 0.247 e. The van der Waals surface area contributed by atoms with Crippen molar-refractivity contribution in [2.24, 2.45) is 0 Å². The lowest BCUT2D eigenvalue weighted by molar-refractivity contribution is -0.121. The zero-order valence-electron chi connectivity index (χ0n) is 18.8. The molecule has 1 unspecified atom stereocenters. The van der Waals surface area contributed by atoms with Crippen LogP contribution in [0, 0.1) is 0 Å². The molecule has 0 radical (unpaired) electrons. The van der Waals surface area contributed by atoms with Gasteiger partial charge in [0.25, 0.3) is 0 Å². The monoisotopic (exact) mass is 512 g/mol. The number of nitrogens with one attached hydrogen (secondary N) is 1. The largest absolute Gasteiger partial charge is 0.489 e. The first-order valence-electron chi connectivity index (χ1n) is 11.2. The van der Waals surface area contributed by atoms with Crippen LogP contribution in [-0.2, 0) is 10.3 Å². The quantitative estimate of drug-likeness (QED) is 0.346. The molecular formula is C29H25BrN2O2. The molecule has 170 valence electrons. The molecule has 0 aromatic heterocycles. The lowest BCUT2D eigenvalue weighted by Crippen LogP contribution is -2.56. The van der Waals surface area contributed by atoms with Gasteiger partial charge in [0.05, 0.1) is 11.2 Å². The fourth-order valence-corrected chi connectivity index (χ4v) is 5.00. The normalized spacial score (nSPS) is 15.9. The molecule has 5 rings (SSSR count). The summed E-state index contributed by atoms with van der Waals surface area (Å²) in [7, 11) is 1.80. The maximum Gasteiger partial charge on any atom is 0.247 e. The number of carbonyl (C=O) groups excluding carboxylic acids is 1. The molecule has 0 saturated carbocycles. The summed E-state index contributed by atoms with van der Waals surface area (Å²) in [5.74, 6) is 0.636. The molecule has 5 heteroatoms. The molecular weight excluding hydrogens is 488 g/mol. The first kappa shape index (κ1) is 22.4. The van der Waals surface area contributed by atoms with E-state index in [0.29, 0.717) is 5.75 Å². The van der Waals surface area contributed by atoms with Crippen molar-refractivity contribution < 1.29 is 9.53 Å². The maximum atomic E-state index is 13.8. The van der Waals surface area contributed by atoms with E-state index in [1.165, 1.54) is 0 Å². The highest BCUT2D eigenvalue weighted by Crippen LogP contribution is 2.39. The summed E-state index contributed by atoms with van der Waals surface area (Å²) in [6.07, 6.45) is 0. The Hall–Kier alpha value is -3.41. The average Bonchev–Trinajstić information content (AvgIpc) is 3.00. The Morgan fingerprint density at radius 1 is 0.824 bits per heavy atom. The van der Waals surface area contributed by atoms with Crippen molar-refractivity contribution in [2.75, 3.05) is 18.6 Å². The summed E-state index contributed by atoms with van der Waals surface area (Å²) in [5.41, 5.74) is 3.13. The van der Waals surface area contributed by atoms with Gasteiger partial charge in [-0.15, -0.1) is 0 Å². The minimum atomic E-state index is -0.759. The van der Waals surface area contributed by atoms with Crippen molar-refractivity contribution in [3.63, 3.8) is 0 Å². The van der Waals surface area contributed by atoms with Crippen LogP contribution in [-0.4, -0.2) is 25.6 Å². The molecule has 1 atom stereocenters. The Morgan fingerprint density at radius 3 is 1.82 bits per heavy atom. The summed E-state index contributed by atoms with van der Waals surface area (Å²) in [6.45, 7) is 0.214. The molecule has 1 aliphatic rings. The Morgan fingerprint density at radius 2 is 1.32 bits per heavy atom. The van der Waals surface area contributed by atoms with Crippen LogP contribution in [0.1, 0.15) is 16.7 Å². The van der Waals surface area contributed by atoms with E-state index in [4.69, 9.17) is 4.74 Å². The molecule has 1 aliphatic heterocycles. The van der Waals surface area contributed by atoms with Crippen LogP contribution >= 0.6 is 15.9 Å². The summed E-state index contributed by atoms with van der Waals surface area (Å²) >= 11 is 3.51. The Balaban J connectivity index is 1.66. The first-order chi connectivity index (χ1) is 16.6. The SMILES string of the molecule is CN1C(=O)C(NC(c2ccccc2)(c2ccccc2)c2ccccc2)COc2ccc(Br)cc21. The second kappa shape index (κ2) is 9.45. The number of fused-ring (bicyclic) bond motifs is 1.